The number of rotatable bonds is 10. The number of hydrogen-bond acceptors (Lipinski definition) is 5. The number of nitrogens with zero attached hydrogens (tertiary/aromatic N) is 1. The Balaban J connectivity index is 1.60. The number of benzene rings is 2. The summed E-state index contributed by atoms with van der Waals surface area (Å²) in [4.78, 5) is 14.5. The molecule has 0 unspecified atom stereocenters. The molecular weight excluding hydrogens is 386 g/mol. The van der Waals surface area contributed by atoms with Crippen molar-refractivity contribution in [3.8, 4) is 17.2 Å². The van der Waals surface area contributed by atoms with Crippen molar-refractivity contribution in [2.75, 3.05) is 26.9 Å². The van der Waals surface area contributed by atoms with Gasteiger partial charge in [-0.15, -0.1) is 0 Å². The number of para-hydroxylation sites is 1. The molecule has 0 aliphatic carbocycles. The molecule has 0 fully saturated rings. The Morgan fingerprint density at radius 1 is 0.966 bits per heavy atom. The lowest BCUT2D eigenvalue weighted by molar-refractivity contribution is 0.0784. The van der Waals surface area contributed by atoms with E-state index in [0.29, 0.717) is 43.4 Å². The van der Waals surface area contributed by atoms with Crippen molar-refractivity contribution in [2.24, 2.45) is 0 Å². The topological polar surface area (TPSA) is 48.0 Å². The summed E-state index contributed by atoms with van der Waals surface area (Å²) >= 11 is 1.62. The molecule has 0 aliphatic heterocycles. The third kappa shape index (κ3) is 5.99. The summed E-state index contributed by atoms with van der Waals surface area (Å²) in [5, 5.41) is 4.05. The molecule has 2 aromatic carbocycles. The standard InChI is InChI=1S/C23H25NO4S/c1-3-26-22-15-19(23(25)24(2)16-18-11-14-29-17-18)9-10-21(22)28-13-12-27-20-7-5-4-6-8-20/h4-11,14-15,17H,3,12-13,16H2,1-2H3. The van der Waals surface area contributed by atoms with Crippen LogP contribution in [0.3, 0.4) is 0 Å². The van der Waals surface area contributed by atoms with Crippen molar-refractivity contribution in [1.29, 1.82) is 0 Å². The highest BCUT2D eigenvalue weighted by Crippen LogP contribution is 2.29. The number of ether oxygens (including phenoxy) is 3. The van der Waals surface area contributed by atoms with Gasteiger partial charge in [0.25, 0.3) is 5.91 Å². The molecule has 0 spiro atoms. The van der Waals surface area contributed by atoms with Gasteiger partial charge < -0.3 is 19.1 Å². The van der Waals surface area contributed by atoms with Crippen LogP contribution in [0.2, 0.25) is 0 Å². The van der Waals surface area contributed by atoms with Crippen LogP contribution in [0.15, 0.2) is 65.4 Å². The molecule has 0 bridgehead atoms. The summed E-state index contributed by atoms with van der Waals surface area (Å²) in [7, 11) is 1.80. The van der Waals surface area contributed by atoms with Crippen molar-refractivity contribution in [2.45, 2.75) is 13.5 Å². The summed E-state index contributed by atoms with van der Waals surface area (Å²) in [5.41, 5.74) is 1.69. The summed E-state index contributed by atoms with van der Waals surface area (Å²) in [6, 6.07) is 16.9. The molecule has 1 amide bonds. The predicted molar refractivity (Wildman–Crippen MR) is 115 cm³/mol. The first kappa shape index (κ1) is 20.7. The molecular formula is C23H25NO4S. The van der Waals surface area contributed by atoms with E-state index in [2.05, 4.69) is 0 Å². The molecule has 3 aromatic rings. The Bertz CT molecular complexity index is 897. The van der Waals surface area contributed by atoms with Crippen LogP contribution in [0.25, 0.3) is 0 Å². The van der Waals surface area contributed by atoms with Crippen LogP contribution in [-0.2, 0) is 6.54 Å². The van der Waals surface area contributed by atoms with Crippen LogP contribution in [0.1, 0.15) is 22.8 Å². The van der Waals surface area contributed by atoms with Gasteiger partial charge in [-0.05, 0) is 59.6 Å². The molecule has 5 nitrogen and oxygen atoms in total. The predicted octanol–water partition coefficient (Wildman–Crippen LogP) is 4.88. The van der Waals surface area contributed by atoms with Gasteiger partial charge in [0.05, 0.1) is 6.61 Å². The third-order valence-electron chi connectivity index (χ3n) is 4.19. The first-order valence-electron chi connectivity index (χ1n) is 9.51. The first-order chi connectivity index (χ1) is 14.2. The fraction of sp³-hybridized carbons (Fsp3) is 0.261. The van der Waals surface area contributed by atoms with Crippen molar-refractivity contribution in [3.63, 3.8) is 0 Å². The molecule has 0 saturated heterocycles. The minimum absolute atomic E-state index is 0.0592. The molecule has 3 rings (SSSR count). The van der Waals surface area contributed by atoms with Crippen LogP contribution in [0.4, 0.5) is 0 Å². The maximum atomic E-state index is 12.8. The van der Waals surface area contributed by atoms with Crippen LogP contribution >= 0.6 is 11.3 Å². The lowest BCUT2D eigenvalue weighted by Gasteiger charge is -2.18. The third-order valence-corrected chi connectivity index (χ3v) is 4.92. The number of carbonyl (C=O) groups is 1. The largest absolute Gasteiger partial charge is 0.490 e. The summed E-state index contributed by atoms with van der Waals surface area (Å²) < 4.78 is 17.2. The highest BCUT2D eigenvalue weighted by molar-refractivity contribution is 7.07. The quantitative estimate of drug-likeness (QED) is 0.446. The van der Waals surface area contributed by atoms with Crippen molar-refractivity contribution in [1.82, 2.24) is 4.90 Å². The van der Waals surface area contributed by atoms with E-state index in [-0.39, 0.29) is 5.91 Å². The smallest absolute Gasteiger partial charge is 0.254 e. The monoisotopic (exact) mass is 411 g/mol. The van der Waals surface area contributed by atoms with E-state index in [4.69, 9.17) is 14.2 Å². The maximum absolute atomic E-state index is 12.8. The molecule has 0 atom stereocenters. The summed E-state index contributed by atoms with van der Waals surface area (Å²) in [5.74, 6) is 1.90. The zero-order valence-electron chi connectivity index (χ0n) is 16.7. The van der Waals surface area contributed by atoms with Gasteiger partial charge in [-0.2, -0.15) is 11.3 Å². The van der Waals surface area contributed by atoms with Crippen LogP contribution in [-0.4, -0.2) is 37.7 Å². The molecule has 29 heavy (non-hydrogen) atoms. The van der Waals surface area contributed by atoms with E-state index in [9.17, 15) is 4.79 Å². The van der Waals surface area contributed by atoms with Gasteiger partial charge in [0.2, 0.25) is 0 Å². The minimum atomic E-state index is -0.0592. The van der Waals surface area contributed by atoms with Gasteiger partial charge in [-0.3, -0.25) is 4.79 Å². The Morgan fingerprint density at radius 3 is 2.48 bits per heavy atom. The SMILES string of the molecule is CCOc1cc(C(=O)N(C)Cc2ccsc2)ccc1OCCOc1ccccc1. The Kier molecular flexibility index (Phi) is 7.53. The zero-order chi connectivity index (χ0) is 20.5. The van der Waals surface area contributed by atoms with Gasteiger partial charge in [0, 0.05) is 19.2 Å². The highest BCUT2D eigenvalue weighted by atomic mass is 32.1. The lowest BCUT2D eigenvalue weighted by Crippen LogP contribution is -2.26. The van der Waals surface area contributed by atoms with Gasteiger partial charge in [-0.25, -0.2) is 0 Å². The first-order valence-corrected chi connectivity index (χ1v) is 10.5. The van der Waals surface area contributed by atoms with Gasteiger partial charge in [0.1, 0.15) is 19.0 Å². The maximum Gasteiger partial charge on any atom is 0.254 e. The molecule has 0 saturated carbocycles. The molecule has 0 N–H and O–H groups in total. The van der Waals surface area contributed by atoms with Crippen molar-refractivity contribution >= 4 is 17.2 Å². The number of carbonyl (C=O) groups excluding carboxylic acids is 1. The van der Waals surface area contributed by atoms with E-state index in [1.54, 1.807) is 41.5 Å². The second-order valence-electron chi connectivity index (χ2n) is 6.40. The average molecular weight is 412 g/mol. The Hall–Kier alpha value is -2.99. The molecule has 0 aliphatic rings. The van der Waals surface area contributed by atoms with Crippen LogP contribution in [0.5, 0.6) is 17.2 Å². The van der Waals surface area contributed by atoms with Crippen molar-refractivity contribution < 1.29 is 19.0 Å². The normalized spacial score (nSPS) is 10.4. The fourth-order valence-corrected chi connectivity index (χ4v) is 3.46. The van der Waals surface area contributed by atoms with Crippen LogP contribution < -0.4 is 14.2 Å². The number of thiophene rings is 1. The van der Waals surface area contributed by atoms with E-state index in [1.807, 2.05) is 54.1 Å². The highest BCUT2D eigenvalue weighted by Gasteiger charge is 2.16. The second-order valence-corrected chi connectivity index (χ2v) is 7.18. The molecule has 1 heterocycles. The molecule has 152 valence electrons. The number of hydrogen-bond donors (Lipinski definition) is 0. The zero-order valence-corrected chi connectivity index (χ0v) is 17.5. The van der Waals surface area contributed by atoms with Crippen LogP contribution in [0, 0.1) is 0 Å². The molecule has 6 heteroatoms. The van der Waals surface area contributed by atoms with E-state index >= 15 is 0 Å². The summed E-state index contributed by atoms with van der Waals surface area (Å²) in [6.07, 6.45) is 0. The molecule has 0 radical (unpaired) electrons. The Labute approximate surface area is 175 Å². The second kappa shape index (κ2) is 10.5. The van der Waals surface area contributed by atoms with E-state index < -0.39 is 0 Å². The van der Waals surface area contributed by atoms with E-state index in [0.717, 1.165) is 11.3 Å². The summed E-state index contributed by atoms with van der Waals surface area (Å²) in [6.45, 7) is 3.75. The number of amides is 1. The fourth-order valence-electron chi connectivity index (χ4n) is 2.81. The van der Waals surface area contributed by atoms with Gasteiger partial charge in [0.15, 0.2) is 11.5 Å². The molecule has 1 aromatic heterocycles. The van der Waals surface area contributed by atoms with Crippen molar-refractivity contribution in [3.05, 3.63) is 76.5 Å². The Morgan fingerprint density at radius 2 is 1.76 bits per heavy atom. The van der Waals surface area contributed by atoms with Gasteiger partial charge >= 0.3 is 0 Å². The van der Waals surface area contributed by atoms with Gasteiger partial charge in [-0.1, -0.05) is 18.2 Å². The minimum Gasteiger partial charge on any atom is -0.490 e. The lowest BCUT2D eigenvalue weighted by atomic mass is 10.1. The van der Waals surface area contributed by atoms with E-state index in [1.165, 1.54) is 0 Å². The average Bonchev–Trinajstić information content (AvgIpc) is 3.25.